The Balaban J connectivity index is 2.04. The molecule has 0 aliphatic rings. The zero-order valence-corrected chi connectivity index (χ0v) is 25.4. The Kier molecular flexibility index (Phi) is 11.8. The summed E-state index contributed by atoms with van der Waals surface area (Å²) in [6.45, 7) is 22.0. The Morgan fingerprint density at radius 1 is 0.789 bits per heavy atom. The molecule has 38 heavy (non-hydrogen) atoms. The molecule has 2 aromatic carbocycles. The summed E-state index contributed by atoms with van der Waals surface area (Å²) in [7, 11) is 0. The van der Waals surface area contributed by atoms with E-state index in [4.69, 9.17) is 18.9 Å². The molecular weight excluding hydrogens is 476 g/mol. The van der Waals surface area contributed by atoms with Gasteiger partial charge in [-0.25, -0.2) is 0 Å². The van der Waals surface area contributed by atoms with Crippen molar-refractivity contribution < 1.29 is 23.7 Å². The number of esters is 1. The van der Waals surface area contributed by atoms with Crippen molar-refractivity contribution in [1.82, 2.24) is 0 Å². The Labute approximate surface area is 231 Å². The third kappa shape index (κ3) is 11.6. The predicted molar refractivity (Wildman–Crippen MR) is 155 cm³/mol. The summed E-state index contributed by atoms with van der Waals surface area (Å²) in [5, 5.41) is 0. The SMILES string of the molecule is CC(C)CC(c1ccc(OCCC(=O)Oc2c(COC(C)(C)C)cccc2COC(C)(C)C)cc1)C(C)C. The van der Waals surface area contributed by atoms with Gasteiger partial charge in [0.25, 0.3) is 0 Å². The zero-order valence-electron chi connectivity index (χ0n) is 25.4. The zero-order chi connectivity index (χ0) is 28.5. The quantitative estimate of drug-likeness (QED) is 0.193. The highest BCUT2D eigenvalue weighted by atomic mass is 16.5. The van der Waals surface area contributed by atoms with Crippen LogP contribution < -0.4 is 9.47 Å². The van der Waals surface area contributed by atoms with E-state index in [0.717, 1.165) is 23.3 Å². The Morgan fingerprint density at radius 2 is 1.32 bits per heavy atom. The first kappa shape index (κ1) is 31.8. The van der Waals surface area contributed by atoms with E-state index in [0.29, 0.717) is 36.7 Å². The molecule has 0 N–H and O–H groups in total. The van der Waals surface area contributed by atoms with Crippen molar-refractivity contribution in [3.63, 3.8) is 0 Å². The van der Waals surface area contributed by atoms with Crippen LogP contribution in [0.5, 0.6) is 11.5 Å². The monoisotopic (exact) mass is 526 g/mol. The molecule has 0 fully saturated rings. The molecule has 0 saturated carbocycles. The van der Waals surface area contributed by atoms with Gasteiger partial charge in [-0.05, 0) is 83.4 Å². The second-order valence-electron chi connectivity index (χ2n) is 12.8. The number of ether oxygens (including phenoxy) is 4. The van der Waals surface area contributed by atoms with Crippen molar-refractivity contribution in [3.05, 3.63) is 59.2 Å². The Morgan fingerprint density at radius 3 is 1.76 bits per heavy atom. The van der Waals surface area contributed by atoms with Gasteiger partial charge in [-0.2, -0.15) is 0 Å². The van der Waals surface area contributed by atoms with Gasteiger partial charge in [-0.1, -0.05) is 58.0 Å². The van der Waals surface area contributed by atoms with Crippen LogP contribution in [0.1, 0.15) is 105 Å². The van der Waals surface area contributed by atoms with Crippen LogP contribution in [0.4, 0.5) is 0 Å². The molecule has 0 bridgehead atoms. The molecule has 0 heterocycles. The number of hydrogen-bond donors (Lipinski definition) is 0. The van der Waals surface area contributed by atoms with Crippen LogP contribution >= 0.6 is 0 Å². The fraction of sp³-hybridized carbons (Fsp3) is 0.606. The van der Waals surface area contributed by atoms with Gasteiger partial charge in [0.1, 0.15) is 11.5 Å². The van der Waals surface area contributed by atoms with E-state index in [-0.39, 0.29) is 30.2 Å². The summed E-state index contributed by atoms with van der Waals surface area (Å²) < 4.78 is 23.7. The lowest BCUT2D eigenvalue weighted by molar-refractivity contribution is -0.135. The van der Waals surface area contributed by atoms with Crippen LogP contribution in [0.3, 0.4) is 0 Å². The predicted octanol–water partition coefficient (Wildman–Crippen LogP) is 8.48. The highest BCUT2D eigenvalue weighted by molar-refractivity contribution is 5.73. The maximum absolute atomic E-state index is 12.8. The topological polar surface area (TPSA) is 54.0 Å². The average molecular weight is 527 g/mol. The lowest BCUT2D eigenvalue weighted by Gasteiger charge is -2.23. The Bertz CT molecular complexity index is 957. The van der Waals surface area contributed by atoms with Crippen molar-refractivity contribution in [1.29, 1.82) is 0 Å². The molecule has 0 radical (unpaired) electrons. The standard InChI is InChI=1S/C33H50O5/c1-23(2)20-29(24(3)4)25-14-16-28(17-15-25)35-19-18-30(34)38-31-26(21-36-32(5,6)7)12-11-13-27(31)22-37-33(8,9)10/h11-17,23-24,29H,18-22H2,1-10H3. The van der Waals surface area contributed by atoms with Gasteiger partial charge >= 0.3 is 5.97 Å². The lowest BCUT2D eigenvalue weighted by atomic mass is 9.82. The minimum Gasteiger partial charge on any atom is -0.493 e. The molecule has 2 aromatic rings. The van der Waals surface area contributed by atoms with Gasteiger partial charge in [0.2, 0.25) is 0 Å². The first-order chi connectivity index (χ1) is 17.6. The third-order valence-corrected chi connectivity index (χ3v) is 6.13. The molecule has 0 amide bonds. The van der Waals surface area contributed by atoms with Crippen LogP contribution in [0.15, 0.2) is 42.5 Å². The third-order valence-electron chi connectivity index (χ3n) is 6.13. The van der Waals surface area contributed by atoms with Gasteiger partial charge in [-0.15, -0.1) is 0 Å². The van der Waals surface area contributed by atoms with Gasteiger partial charge in [0.15, 0.2) is 0 Å². The second-order valence-corrected chi connectivity index (χ2v) is 12.8. The normalized spacial score (nSPS) is 13.2. The summed E-state index contributed by atoms with van der Waals surface area (Å²) in [4.78, 5) is 12.8. The number of para-hydroxylation sites is 1. The molecule has 0 aliphatic carbocycles. The average Bonchev–Trinajstić information content (AvgIpc) is 2.80. The maximum atomic E-state index is 12.8. The van der Waals surface area contributed by atoms with E-state index in [2.05, 4.69) is 39.8 Å². The van der Waals surface area contributed by atoms with Crippen LogP contribution in [-0.2, 0) is 27.5 Å². The molecule has 1 atom stereocenters. The summed E-state index contributed by atoms with van der Waals surface area (Å²) in [6, 6.07) is 14.1. The molecule has 5 heteroatoms. The number of carbonyl (C=O) groups excluding carboxylic acids is 1. The Hall–Kier alpha value is -2.37. The van der Waals surface area contributed by atoms with Crippen molar-refractivity contribution in [3.8, 4) is 11.5 Å². The molecule has 0 saturated heterocycles. The number of benzene rings is 2. The first-order valence-electron chi connectivity index (χ1n) is 14.0. The lowest BCUT2D eigenvalue weighted by Crippen LogP contribution is -2.21. The van der Waals surface area contributed by atoms with Gasteiger partial charge in [0.05, 0.1) is 37.4 Å². The van der Waals surface area contributed by atoms with Gasteiger partial charge < -0.3 is 18.9 Å². The number of rotatable bonds is 13. The van der Waals surface area contributed by atoms with Crippen LogP contribution in [0.2, 0.25) is 0 Å². The highest BCUT2D eigenvalue weighted by Crippen LogP contribution is 2.32. The largest absolute Gasteiger partial charge is 0.493 e. The molecule has 0 spiro atoms. The maximum Gasteiger partial charge on any atom is 0.314 e. The van der Waals surface area contributed by atoms with Crippen molar-refractivity contribution in [2.75, 3.05) is 6.61 Å². The van der Waals surface area contributed by atoms with E-state index in [1.807, 2.05) is 71.9 Å². The molecule has 212 valence electrons. The molecule has 1 unspecified atom stereocenters. The van der Waals surface area contributed by atoms with Gasteiger partial charge in [-0.3, -0.25) is 4.79 Å². The molecule has 0 aromatic heterocycles. The second kappa shape index (κ2) is 14.1. The highest BCUT2D eigenvalue weighted by Gasteiger charge is 2.20. The van der Waals surface area contributed by atoms with Crippen molar-refractivity contribution in [2.24, 2.45) is 11.8 Å². The molecule has 5 nitrogen and oxygen atoms in total. The molecule has 2 rings (SSSR count). The minimum atomic E-state index is -0.348. The van der Waals surface area contributed by atoms with Crippen LogP contribution in [0.25, 0.3) is 0 Å². The van der Waals surface area contributed by atoms with Gasteiger partial charge in [0, 0.05) is 11.1 Å². The molecular formula is C33H50O5. The number of hydrogen-bond acceptors (Lipinski definition) is 5. The van der Waals surface area contributed by atoms with Crippen LogP contribution in [-0.4, -0.2) is 23.8 Å². The fourth-order valence-corrected chi connectivity index (χ4v) is 4.11. The number of carbonyl (C=O) groups is 1. The van der Waals surface area contributed by atoms with E-state index in [1.165, 1.54) is 5.56 Å². The summed E-state index contributed by atoms with van der Waals surface area (Å²) in [5.74, 6) is 2.67. The van der Waals surface area contributed by atoms with E-state index in [9.17, 15) is 4.79 Å². The smallest absolute Gasteiger partial charge is 0.314 e. The summed E-state index contributed by atoms with van der Waals surface area (Å²) in [5.41, 5.74) is 2.35. The summed E-state index contributed by atoms with van der Waals surface area (Å²) in [6.07, 6.45) is 1.30. The van der Waals surface area contributed by atoms with E-state index >= 15 is 0 Å². The molecule has 0 aliphatic heterocycles. The first-order valence-corrected chi connectivity index (χ1v) is 14.0. The minimum absolute atomic E-state index is 0.137. The summed E-state index contributed by atoms with van der Waals surface area (Å²) >= 11 is 0. The van der Waals surface area contributed by atoms with E-state index < -0.39 is 0 Å². The van der Waals surface area contributed by atoms with Crippen LogP contribution in [0, 0.1) is 11.8 Å². The van der Waals surface area contributed by atoms with Crippen molar-refractivity contribution in [2.45, 2.75) is 112 Å². The fourth-order valence-electron chi connectivity index (χ4n) is 4.11. The van der Waals surface area contributed by atoms with E-state index in [1.54, 1.807) is 0 Å². The van der Waals surface area contributed by atoms with Crippen molar-refractivity contribution >= 4 is 5.97 Å².